The fourth-order valence-electron chi connectivity index (χ4n) is 2.50. The predicted octanol–water partition coefficient (Wildman–Crippen LogP) is 2.26. The Bertz CT molecular complexity index is 478. The number of rotatable bonds is 3. The van der Waals surface area contributed by atoms with Crippen LogP contribution in [0.2, 0.25) is 5.02 Å². The molecule has 1 aromatic rings. The minimum absolute atomic E-state index is 0.129. The van der Waals surface area contributed by atoms with Crippen LogP contribution in [0.25, 0.3) is 0 Å². The van der Waals surface area contributed by atoms with Crippen molar-refractivity contribution in [1.82, 2.24) is 4.90 Å². The average molecular weight is 298 g/mol. The molecule has 1 saturated heterocycles. The highest BCUT2D eigenvalue weighted by Crippen LogP contribution is 2.22. The third-order valence-electron chi connectivity index (χ3n) is 3.59. The molecule has 0 unspecified atom stereocenters. The van der Waals surface area contributed by atoms with Crippen molar-refractivity contribution in [2.75, 3.05) is 26.8 Å². The van der Waals surface area contributed by atoms with Crippen LogP contribution in [-0.4, -0.2) is 48.3 Å². The fourth-order valence-corrected chi connectivity index (χ4v) is 2.79. The quantitative estimate of drug-likeness (QED) is 0.931. The fraction of sp³-hybridized carbons (Fsp3) is 0.533. The van der Waals surface area contributed by atoms with E-state index in [1.54, 1.807) is 24.1 Å². The highest BCUT2D eigenvalue weighted by Gasteiger charge is 2.32. The Balaban J connectivity index is 2.08. The van der Waals surface area contributed by atoms with Gasteiger partial charge in [0.1, 0.15) is 0 Å². The van der Waals surface area contributed by atoms with Crippen molar-refractivity contribution in [2.24, 2.45) is 0 Å². The van der Waals surface area contributed by atoms with E-state index in [1.807, 2.05) is 13.0 Å². The minimum Gasteiger partial charge on any atom is -0.388 e. The van der Waals surface area contributed by atoms with Gasteiger partial charge in [0.05, 0.1) is 5.60 Å². The van der Waals surface area contributed by atoms with Crippen molar-refractivity contribution in [3.05, 3.63) is 34.3 Å². The molecule has 0 aromatic heterocycles. The van der Waals surface area contributed by atoms with Gasteiger partial charge in [0.25, 0.3) is 5.91 Å². The van der Waals surface area contributed by atoms with Crippen molar-refractivity contribution in [2.45, 2.75) is 25.4 Å². The summed E-state index contributed by atoms with van der Waals surface area (Å²) in [6.07, 6.45) is 1.11. The normalized spacial score (nSPS) is 17.8. The molecule has 1 aliphatic heterocycles. The lowest BCUT2D eigenvalue weighted by Crippen LogP contribution is -2.47. The first-order chi connectivity index (χ1) is 9.39. The Morgan fingerprint density at radius 3 is 2.65 bits per heavy atom. The summed E-state index contributed by atoms with van der Waals surface area (Å²) in [4.78, 5) is 13.9. The number of halogens is 1. The summed E-state index contributed by atoms with van der Waals surface area (Å²) in [5.41, 5.74) is 0.642. The number of carbonyl (C=O) groups is 1. The van der Waals surface area contributed by atoms with Gasteiger partial charge in [-0.05, 0) is 30.7 Å². The minimum atomic E-state index is -0.851. The molecule has 1 heterocycles. The number of benzene rings is 1. The number of carbonyl (C=O) groups excluding carboxylic acids is 1. The van der Waals surface area contributed by atoms with Crippen molar-refractivity contribution < 1.29 is 14.6 Å². The lowest BCUT2D eigenvalue weighted by atomic mass is 9.93. The second-order valence-electron chi connectivity index (χ2n) is 5.52. The maximum Gasteiger partial charge on any atom is 0.253 e. The monoisotopic (exact) mass is 297 g/mol. The zero-order valence-corrected chi connectivity index (χ0v) is 12.6. The van der Waals surface area contributed by atoms with E-state index >= 15 is 0 Å². The number of hydrogen-bond donors (Lipinski definition) is 1. The van der Waals surface area contributed by atoms with Crippen molar-refractivity contribution >= 4 is 17.5 Å². The van der Waals surface area contributed by atoms with Gasteiger partial charge in [-0.25, -0.2) is 0 Å². The first-order valence-corrected chi connectivity index (χ1v) is 7.10. The van der Waals surface area contributed by atoms with Crippen molar-refractivity contribution in [3.63, 3.8) is 0 Å². The van der Waals surface area contributed by atoms with E-state index in [0.29, 0.717) is 43.2 Å². The molecule has 1 aliphatic rings. The number of aliphatic hydroxyl groups is 1. The largest absolute Gasteiger partial charge is 0.388 e. The van der Waals surface area contributed by atoms with E-state index in [1.165, 1.54) is 0 Å². The highest BCUT2D eigenvalue weighted by molar-refractivity contribution is 6.31. The summed E-state index contributed by atoms with van der Waals surface area (Å²) < 4.78 is 5.24. The second-order valence-corrected chi connectivity index (χ2v) is 5.95. The molecule has 0 spiro atoms. The summed E-state index contributed by atoms with van der Waals surface area (Å²) in [6, 6.07) is 5.27. The first kappa shape index (κ1) is 15.3. The number of aryl methyl sites for hydroxylation is 1. The first-order valence-electron chi connectivity index (χ1n) is 6.72. The molecule has 1 amide bonds. The molecule has 0 atom stereocenters. The standard InChI is InChI=1S/C15H20ClNO3/c1-11-7-12(9-13(16)8-11)14(18)17(2)10-15(19)3-5-20-6-4-15/h7-9,19H,3-6,10H2,1-2H3. The third-order valence-corrected chi connectivity index (χ3v) is 3.81. The van der Waals surface area contributed by atoms with Crippen LogP contribution < -0.4 is 0 Å². The van der Waals surface area contributed by atoms with E-state index in [0.717, 1.165) is 5.56 Å². The smallest absolute Gasteiger partial charge is 0.253 e. The molecule has 0 radical (unpaired) electrons. The summed E-state index contributed by atoms with van der Waals surface area (Å²) in [5, 5.41) is 11.0. The van der Waals surface area contributed by atoms with E-state index in [2.05, 4.69) is 0 Å². The molecular formula is C15H20ClNO3. The Kier molecular flexibility index (Phi) is 4.68. The van der Waals surface area contributed by atoms with Crippen molar-refractivity contribution in [3.8, 4) is 0 Å². The summed E-state index contributed by atoms with van der Waals surface area (Å²) in [5.74, 6) is -0.129. The topological polar surface area (TPSA) is 49.8 Å². The molecule has 1 fully saturated rings. The molecule has 5 heteroatoms. The summed E-state index contributed by atoms with van der Waals surface area (Å²) in [7, 11) is 1.70. The number of amides is 1. The average Bonchev–Trinajstić information content (AvgIpc) is 2.37. The van der Waals surface area contributed by atoms with E-state index in [4.69, 9.17) is 16.3 Å². The predicted molar refractivity (Wildman–Crippen MR) is 78.2 cm³/mol. The van der Waals surface area contributed by atoms with Gasteiger partial charge in [0.15, 0.2) is 0 Å². The van der Waals surface area contributed by atoms with E-state index < -0.39 is 5.60 Å². The number of nitrogens with zero attached hydrogens (tertiary/aromatic N) is 1. The molecule has 0 bridgehead atoms. The zero-order valence-electron chi connectivity index (χ0n) is 11.9. The lowest BCUT2D eigenvalue weighted by molar-refractivity contribution is -0.0734. The molecule has 4 nitrogen and oxygen atoms in total. The van der Waals surface area contributed by atoms with Gasteiger partial charge in [-0.15, -0.1) is 0 Å². The zero-order chi connectivity index (χ0) is 14.8. The van der Waals surface area contributed by atoms with Crippen LogP contribution >= 0.6 is 11.6 Å². The maximum absolute atomic E-state index is 12.4. The molecule has 1 N–H and O–H groups in total. The van der Waals surface area contributed by atoms with Gasteiger partial charge < -0.3 is 14.7 Å². The van der Waals surface area contributed by atoms with Crippen LogP contribution in [0, 0.1) is 6.92 Å². The van der Waals surface area contributed by atoms with E-state index in [9.17, 15) is 9.90 Å². The maximum atomic E-state index is 12.4. The highest BCUT2D eigenvalue weighted by atomic mass is 35.5. The van der Waals surface area contributed by atoms with E-state index in [-0.39, 0.29) is 5.91 Å². The summed E-state index contributed by atoms with van der Waals surface area (Å²) in [6.45, 7) is 3.28. The van der Waals surface area contributed by atoms with Crippen LogP contribution in [-0.2, 0) is 4.74 Å². The SMILES string of the molecule is Cc1cc(Cl)cc(C(=O)N(C)CC2(O)CCOCC2)c1. The van der Waals surface area contributed by atoms with Crippen LogP contribution in [0.1, 0.15) is 28.8 Å². The Morgan fingerprint density at radius 2 is 2.05 bits per heavy atom. The molecule has 110 valence electrons. The van der Waals surface area contributed by atoms with Gasteiger partial charge in [-0.3, -0.25) is 4.79 Å². The Labute approximate surface area is 124 Å². The van der Waals surface area contributed by atoms with Crippen LogP contribution in [0.15, 0.2) is 18.2 Å². The van der Waals surface area contributed by atoms with Gasteiger partial charge in [0, 0.05) is 50.2 Å². The van der Waals surface area contributed by atoms with Gasteiger partial charge >= 0.3 is 0 Å². The Morgan fingerprint density at radius 1 is 1.40 bits per heavy atom. The van der Waals surface area contributed by atoms with Gasteiger partial charge in [-0.1, -0.05) is 11.6 Å². The van der Waals surface area contributed by atoms with Gasteiger partial charge in [-0.2, -0.15) is 0 Å². The van der Waals surface area contributed by atoms with Crippen LogP contribution in [0.3, 0.4) is 0 Å². The Hall–Kier alpha value is -1.10. The second kappa shape index (κ2) is 6.12. The molecule has 2 rings (SSSR count). The molecule has 20 heavy (non-hydrogen) atoms. The summed E-state index contributed by atoms with van der Waals surface area (Å²) >= 11 is 5.98. The lowest BCUT2D eigenvalue weighted by Gasteiger charge is -2.35. The molecule has 0 saturated carbocycles. The number of likely N-dealkylation sites (N-methyl/N-ethyl adjacent to an activating group) is 1. The third kappa shape index (κ3) is 3.72. The molecule has 0 aliphatic carbocycles. The van der Waals surface area contributed by atoms with Crippen LogP contribution in [0.4, 0.5) is 0 Å². The van der Waals surface area contributed by atoms with Crippen molar-refractivity contribution in [1.29, 1.82) is 0 Å². The number of hydrogen-bond acceptors (Lipinski definition) is 3. The van der Waals surface area contributed by atoms with Crippen LogP contribution in [0.5, 0.6) is 0 Å². The molecule has 1 aromatic carbocycles. The number of ether oxygens (including phenoxy) is 1. The van der Waals surface area contributed by atoms with Gasteiger partial charge in [0.2, 0.25) is 0 Å². The molecular weight excluding hydrogens is 278 g/mol.